The third kappa shape index (κ3) is 4.73. The molecule has 0 radical (unpaired) electrons. The standard InChI is InChI=1S/C15H22ClN3O3/c1-10(2)21-15(20)19-6-4-12(5-7-19)11(3)22-13-8-17-14(16)18-9-13/h8-12H,4-7H2,1-3H3/t11-/m0/s1. The van der Waals surface area contributed by atoms with Gasteiger partial charge in [-0.05, 0) is 51.1 Å². The van der Waals surface area contributed by atoms with Crippen LogP contribution in [0.3, 0.4) is 0 Å². The van der Waals surface area contributed by atoms with E-state index in [9.17, 15) is 4.79 Å². The number of likely N-dealkylation sites (tertiary alicyclic amines) is 1. The SMILES string of the molecule is CC(C)OC(=O)N1CCC([C@H](C)Oc2cnc(Cl)nc2)CC1. The van der Waals surface area contributed by atoms with E-state index in [1.54, 1.807) is 17.3 Å². The predicted octanol–water partition coefficient (Wildman–Crippen LogP) is 3.15. The van der Waals surface area contributed by atoms with Crippen molar-refractivity contribution in [2.45, 2.75) is 45.8 Å². The molecule has 1 amide bonds. The highest BCUT2D eigenvalue weighted by Gasteiger charge is 2.28. The lowest BCUT2D eigenvalue weighted by Crippen LogP contribution is -2.42. The molecule has 1 aromatic heterocycles. The molecule has 1 aliphatic rings. The maximum absolute atomic E-state index is 11.9. The topological polar surface area (TPSA) is 64.5 Å². The molecule has 2 rings (SSSR count). The number of nitrogens with zero attached hydrogens (tertiary/aromatic N) is 3. The summed E-state index contributed by atoms with van der Waals surface area (Å²) in [4.78, 5) is 21.4. The first-order chi connectivity index (χ1) is 10.5. The van der Waals surface area contributed by atoms with Crippen LogP contribution in [0.5, 0.6) is 5.75 Å². The minimum absolute atomic E-state index is 0.0352. The monoisotopic (exact) mass is 327 g/mol. The van der Waals surface area contributed by atoms with Crippen molar-refractivity contribution < 1.29 is 14.3 Å². The van der Waals surface area contributed by atoms with Crippen molar-refractivity contribution in [2.24, 2.45) is 5.92 Å². The van der Waals surface area contributed by atoms with E-state index in [1.165, 1.54) is 0 Å². The Morgan fingerprint density at radius 3 is 2.41 bits per heavy atom. The highest BCUT2D eigenvalue weighted by Crippen LogP contribution is 2.24. The second-order valence-corrected chi connectivity index (χ2v) is 6.11. The van der Waals surface area contributed by atoms with Gasteiger partial charge >= 0.3 is 6.09 Å². The van der Waals surface area contributed by atoms with Crippen LogP contribution in [-0.4, -0.2) is 46.3 Å². The maximum atomic E-state index is 11.9. The van der Waals surface area contributed by atoms with Gasteiger partial charge < -0.3 is 14.4 Å². The fourth-order valence-electron chi connectivity index (χ4n) is 2.50. The molecule has 1 aliphatic heterocycles. The van der Waals surface area contributed by atoms with Crippen LogP contribution < -0.4 is 4.74 Å². The minimum atomic E-state index is -0.229. The van der Waals surface area contributed by atoms with Crippen LogP contribution in [0.4, 0.5) is 4.79 Å². The Labute approximate surface area is 135 Å². The molecule has 7 heteroatoms. The van der Waals surface area contributed by atoms with E-state index in [0.717, 1.165) is 12.8 Å². The van der Waals surface area contributed by atoms with Gasteiger partial charge in [0, 0.05) is 13.1 Å². The van der Waals surface area contributed by atoms with Crippen LogP contribution in [-0.2, 0) is 4.74 Å². The number of ether oxygens (including phenoxy) is 2. The second-order valence-electron chi connectivity index (χ2n) is 5.77. The van der Waals surface area contributed by atoms with Crippen LogP contribution in [0.25, 0.3) is 0 Å². The van der Waals surface area contributed by atoms with E-state index < -0.39 is 0 Å². The molecule has 2 heterocycles. The van der Waals surface area contributed by atoms with Crippen molar-refractivity contribution in [2.75, 3.05) is 13.1 Å². The van der Waals surface area contributed by atoms with Crippen LogP contribution in [0, 0.1) is 5.92 Å². The zero-order chi connectivity index (χ0) is 16.1. The second kappa shape index (κ2) is 7.63. The first-order valence-electron chi connectivity index (χ1n) is 7.55. The Balaban J connectivity index is 1.80. The zero-order valence-electron chi connectivity index (χ0n) is 13.2. The third-order valence-electron chi connectivity index (χ3n) is 3.72. The molecular formula is C15H22ClN3O3. The van der Waals surface area contributed by atoms with E-state index in [2.05, 4.69) is 9.97 Å². The Morgan fingerprint density at radius 2 is 1.86 bits per heavy atom. The first kappa shape index (κ1) is 16.8. The summed E-state index contributed by atoms with van der Waals surface area (Å²) in [5, 5.41) is 0.206. The Kier molecular flexibility index (Phi) is 5.83. The zero-order valence-corrected chi connectivity index (χ0v) is 13.9. The van der Waals surface area contributed by atoms with Crippen LogP contribution in [0.15, 0.2) is 12.4 Å². The van der Waals surface area contributed by atoms with E-state index in [-0.39, 0.29) is 23.6 Å². The van der Waals surface area contributed by atoms with Crippen molar-refractivity contribution in [3.8, 4) is 5.75 Å². The van der Waals surface area contributed by atoms with E-state index >= 15 is 0 Å². The Morgan fingerprint density at radius 1 is 1.27 bits per heavy atom. The number of carbonyl (C=O) groups is 1. The van der Waals surface area contributed by atoms with E-state index in [1.807, 2.05) is 20.8 Å². The number of hydrogen-bond acceptors (Lipinski definition) is 5. The fraction of sp³-hybridized carbons (Fsp3) is 0.667. The Bertz CT molecular complexity index is 487. The average molecular weight is 328 g/mol. The van der Waals surface area contributed by atoms with E-state index in [0.29, 0.717) is 24.8 Å². The summed E-state index contributed by atoms with van der Waals surface area (Å²) >= 11 is 5.65. The van der Waals surface area contributed by atoms with Gasteiger partial charge in [-0.3, -0.25) is 0 Å². The molecule has 1 fully saturated rings. The lowest BCUT2D eigenvalue weighted by atomic mass is 9.92. The number of rotatable bonds is 4. The van der Waals surface area contributed by atoms with Gasteiger partial charge in [0.2, 0.25) is 5.28 Å². The van der Waals surface area contributed by atoms with Gasteiger partial charge in [-0.25, -0.2) is 14.8 Å². The van der Waals surface area contributed by atoms with Gasteiger partial charge in [0.15, 0.2) is 5.75 Å². The number of piperidine rings is 1. The molecule has 0 aromatic carbocycles. The van der Waals surface area contributed by atoms with Crippen LogP contribution in [0.2, 0.25) is 5.28 Å². The summed E-state index contributed by atoms with van der Waals surface area (Å²) in [6.07, 6.45) is 4.65. The van der Waals surface area contributed by atoms with Crippen molar-refractivity contribution in [1.29, 1.82) is 0 Å². The molecule has 0 aliphatic carbocycles. The fourth-order valence-corrected chi connectivity index (χ4v) is 2.60. The Hall–Kier alpha value is -1.56. The molecule has 6 nitrogen and oxygen atoms in total. The summed E-state index contributed by atoms with van der Waals surface area (Å²) in [7, 11) is 0. The van der Waals surface area contributed by atoms with Gasteiger partial charge in [0.05, 0.1) is 24.6 Å². The normalized spacial score (nSPS) is 17.4. The molecule has 1 saturated heterocycles. The van der Waals surface area contributed by atoms with Crippen molar-refractivity contribution in [1.82, 2.24) is 14.9 Å². The molecule has 122 valence electrons. The quantitative estimate of drug-likeness (QED) is 0.795. The van der Waals surface area contributed by atoms with Crippen LogP contribution in [0.1, 0.15) is 33.6 Å². The summed E-state index contributed by atoms with van der Waals surface area (Å²) < 4.78 is 11.1. The van der Waals surface area contributed by atoms with Gasteiger partial charge in [-0.15, -0.1) is 0 Å². The van der Waals surface area contributed by atoms with Crippen molar-refractivity contribution >= 4 is 17.7 Å². The molecular weight excluding hydrogens is 306 g/mol. The number of carbonyl (C=O) groups excluding carboxylic acids is 1. The first-order valence-corrected chi connectivity index (χ1v) is 7.93. The highest BCUT2D eigenvalue weighted by molar-refractivity contribution is 6.28. The number of hydrogen-bond donors (Lipinski definition) is 0. The molecule has 1 aromatic rings. The number of amides is 1. The molecule has 0 bridgehead atoms. The highest BCUT2D eigenvalue weighted by atomic mass is 35.5. The maximum Gasteiger partial charge on any atom is 0.410 e. The van der Waals surface area contributed by atoms with Gasteiger partial charge in [-0.1, -0.05) is 0 Å². The average Bonchev–Trinajstić information content (AvgIpc) is 2.49. The minimum Gasteiger partial charge on any atom is -0.487 e. The smallest absolute Gasteiger partial charge is 0.410 e. The summed E-state index contributed by atoms with van der Waals surface area (Å²) in [6, 6.07) is 0. The molecule has 0 unspecified atom stereocenters. The van der Waals surface area contributed by atoms with Crippen LogP contribution >= 0.6 is 11.6 Å². The molecule has 22 heavy (non-hydrogen) atoms. The molecule has 0 spiro atoms. The summed E-state index contributed by atoms with van der Waals surface area (Å²) in [5.74, 6) is 0.998. The predicted molar refractivity (Wildman–Crippen MR) is 83.0 cm³/mol. The van der Waals surface area contributed by atoms with E-state index in [4.69, 9.17) is 21.1 Å². The lowest BCUT2D eigenvalue weighted by Gasteiger charge is -2.34. The number of halogens is 1. The largest absolute Gasteiger partial charge is 0.487 e. The molecule has 1 atom stereocenters. The van der Waals surface area contributed by atoms with Gasteiger partial charge in [0.1, 0.15) is 0 Å². The van der Waals surface area contributed by atoms with Crippen molar-refractivity contribution in [3.63, 3.8) is 0 Å². The molecule has 0 N–H and O–H groups in total. The lowest BCUT2D eigenvalue weighted by molar-refractivity contribution is 0.0494. The third-order valence-corrected chi connectivity index (χ3v) is 3.91. The summed E-state index contributed by atoms with van der Waals surface area (Å²) in [5.41, 5.74) is 0. The number of aromatic nitrogens is 2. The van der Waals surface area contributed by atoms with Gasteiger partial charge in [-0.2, -0.15) is 0 Å². The van der Waals surface area contributed by atoms with Crippen molar-refractivity contribution in [3.05, 3.63) is 17.7 Å². The summed E-state index contributed by atoms with van der Waals surface area (Å²) in [6.45, 7) is 7.13. The molecule has 0 saturated carbocycles. The van der Waals surface area contributed by atoms with Gasteiger partial charge in [0.25, 0.3) is 0 Å².